The van der Waals surface area contributed by atoms with E-state index in [1.54, 1.807) is 0 Å². The Morgan fingerprint density at radius 2 is 1.86 bits per heavy atom. The monoisotopic (exact) mass is 215 g/mol. The van der Waals surface area contributed by atoms with Crippen LogP contribution in [0.1, 0.15) is 39.0 Å². The van der Waals surface area contributed by atoms with Crippen molar-refractivity contribution in [3.05, 3.63) is 0 Å². The summed E-state index contributed by atoms with van der Waals surface area (Å²) in [6.07, 6.45) is 6.79. The molecule has 0 bridgehead atoms. The van der Waals surface area contributed by atoms with Crippen LogP contribution in [0.25, 0.3) is 0 Å². The van der Waals surface area contributed by atoms with Crippen LogP contribution in [0.15, 0.2) is 0 Å². The van der Waals surface area contributed by atoms with Crippen molar-refractivity contribution in [2.45, 2.75) is 61.7 Å². The van der Waals surface area contributed by atoms with Crippen molar-refractivity contribution < 1.29 is 4.74 Å². The quantitative estimate of drug-likeness (QED) is 0.766. The minimum absolute atomic E-state index is 0.468. The summed E-state index contributed by atoms with van der Waals surface area (Å²) in [6.45, 7) is 3.17. The average molecular weight is 215 g/mol. The van der Waals surface area contributed by atoms with Gasteiger partial charge in [0.25, 0.3) is 0 Å². The van der Waals surface area contributed by atoms with Crippen molar-refractivity contribution >= 4 is 11.8 Å². The van der Waals surface area contributed by atoms with Gasteiger partial charge in [0.05, 0.1) is 6.10 Å². The molecule has 0 spiro atoms. The zero-order chi connectivity index (χ0) is 9.97. The molecule has 2 atom stereocenters. The van der Waals surface area contributed by atoms with Gasteiger partial charge in [-0.05, 0) is 39.0 Å². The first-order valence-corrected chi connectivity index (χ1v) is 6.72. The van der Waals surface area contributed by atoms with E-state index in [0.29, 0.717) is 12.1 Å². The van der Waals surface area contributed by atoms with Gasteiger partial charge in [-0.3, -0.25) is 0 Å². The molecule has 0 aromatic rings. The molecule has 0 radical (unpaired) electrons. The molecule has 2 N–H and O–H groups in total. The van der Waals surface area contributed by atoms with Crippen LogP contribution in [-0.2, 0) is 4.74 Å². The molecule has 0 amide bonds. The minimum atomic E-state index is 0.468. The van der Waals surface area contributed by atoms with Gasteiger partial charge < -0.3 is 10.5 Å². The fourth-order valence-corrected chi connectivity index (χ4v) is 3.93. The summed E-state index contributed by atoms with van der Waals surface area (Å²) in [5.41, 5.74) is 5.90. The summed E-state index contributed by atoms with van der Waals surface area (Å²) in [6, 6.07) is 0.476. The molecule has 3 heteroatoms. The van der Waals surface area contributed by atoms with Crippen LogP contribution in [0.3, 0.4) is 0 Å². The number of ether oxygens (including phenoxy) is 1. The Kier molecular flexibility index (Phi) is 3.74. The lowest BCUT2D eigenvalue weighted by molar-refractivity contribution is 0.127. The summed E-state index contributed by atoms with van der Waals surface area (Å²) in [4.78, 5) is 0. The molecule has 2 unspecified atom stereocenters. The number of hydrogen-bond acceptors (Lipinski definition) is 3. The van der Waals surface area contributed by atoms with E-state index in [1.165, 1.54) is 32.1 Å². The Labute approximate surface area is 91.0 Å². The summed E-state index contributed by atoms with van der Waals surface area (Å²) in [5, 5.41) is 1.60. The summed E-state index contributed by atoms with van der Waals surface area (Å²) >= 11 is 2.16. The first-order valence-electron chi connectivity index (χ1n) is 5.78. The highest BCUT2D eigenvalue weighted by Gasteiger charge is 2.29. The average Bonchev–Trinajstić information content (AvgIpc) is 2.56. The van der Waals surface area contributed by atoms with Crippen molar-refractivity contribution in [2.24, 2.45) is 5.73 Å². The molecular weight excluding hydrogens is 194 g/mol. The first kappa shape index (κ1) is 10.8. The fraction of sp³-hybridized carbons (Fsp3) is 1.00. The number of rotatable bonds is 2. The number of nitrogens with two attached hydrogens (primary N) is 1. The largest absolute Gasteiger partial charge is 0.377 e. The normalized spacial score (nSPS) is 44.1. The smallest absolute Gasteiger partial charge is 0.0666 e. The third-order valence-electron chi connectivity index (χ3n) is 3.39. The molecule has 1 aliphatic carbocycles. The van der Waals surface area contributed by atoms with E-state index in [4.69, 9.17) is 10.5 Å². The molecule has 0 aromatic carbocycles. The van der Waals surface area contributed by atoms with Crippen LogP contribution in [0.4, 0.5) is 0 Å². The molecular formula is C11H21NOS. The van der Waals surface area contributed by atoms with E-state index in [2.05, 4.69) is 18.7 Å². The van der Waals surface area contributed by atoms with Crippen LogP contribution < -0.4 is 5.73 Å². The molecule has 2 nitrogen and oxygen atoms in total. The van der Waals surface area contributed by atoms with E-state index in [9.17, 15) is 0 Å². The van der Waals surface area contributed by atoms with Crippen LogP contribution in [0.5, 0.6) is 0 Å². The van der Waals surface area contributed by atoms with Gasteiger partial charge in [-0.1, -0.05) is 0 Å². The Balaban J connectivity index is 1.74. The first-order chi connectivity index (χ1) is 6.75. The van der Waals surface area contributed by atoms with Gasteiger partial charge in [-0.15, -0.1) is 0 Å². The third kappa shape index (κ3) is 2.65. The molecule has 2 rings (SSSR count). The zero-order valence-electron chi connectivity index (χ0n) is 8.95. The van der Waals surface area contributed by atoms with Gasteiger partial charge in [0.15, 0.2) is 0 Å². The van der Waals surface area contributed by atoms with Crippen molar-refractivity contribution in [1.29, 1.82) is 0 Å². The van der Waals surface area contributed by atoms with Crippen molar-refractivity contribution in [3.8, 4) is 0 Å². The predicted octanol–water partition coefficient (Wildman–Crippen LogP) is 2.17. The fourth-order valence-electron chi connectivity index (χ4n) is 2.36. The molecule has 1 aliphatic heterocycles. The molecule has 82 valence electrons. The molecule has 1 heterocycles. The Morgan fingerprint density at radius 3 is 2.43 bits per heavy atom. The van der Waals surface area contributed by atoms with Gasteiger partial charge in [-0.25, -0.2) is 0 Å². The van der Waals surface area contributed by atoms with E-state index in [-0.39, 0.29) is 0 Å². The summed E-state index contributed by atoms with van der Waals surface area (Å²) in [5.74, 6) is 0. The number of hydrogen-bond donors (Lipinski definition) is 1. The Morgan fingerprint density at radius 1 is 1.14 bits per heavy atom. The predicted molar refractivity (Wildman–Crippen MR) is 61.6 cm³/mol. The highest BCUT2D eigenvalue weighted by Crippen LogP contribution is 2.35. The molecule has 1 saturated carbocycles. The van der Waals surface area contributed by atoms with Crippen molar-refractivity contribution in [3.63, 3.8) is 0 Å². The Bertz CT molecular complexity index is 180. The maximum absolute atomic E-state index is 5.90. The standard InChI is InChI=1S/C11H21NOS/c1-8-11(6-7-13-8)14-10-4-2-9(12)3-5-10/h8-11H,2-7,12H2,1H3. The molecule has 14 heavy (non-hydrogen) atoms. The van der Waals surface area contributed by atoms with Gasteiger partial charge in [-0.2, -0.15) is 11.8 Å². The highest BCUT2D eigenvalue weighted by atomic mass is 32.2. The van der Waals surface area contributed by atoms with Crippen molar-refractivity contribution in [1.82, 2.24) is 0 Å². The maximum atomic E-state index is 5.90. The topological polar surface area (TPSA) is 35.2 Å². The van der Waals surface area contributed by atoms with Crippen LogP contribution in [0, 0.1) is 0 Å². The lowest BCUT2D eigenvalue weighted by atomic mass is 9.96. The van der Waals surface area contributed by atoms with Gasteiger partial charge >= 0.3 is 0 Å². The molecule has 0 aromatic heterocycles. The molecule has 2 aliphatic rings. The van der Waals surface area contributed by atoms with E-state index in [1.807, 2.05) is 0 Å². The Hall–Kier alpha value is 0.270. The summed E-state index contributed by atoms with van der Waals surface area (Å²) in [7, 11) is 0. The van der Waals surface area contributed by atoms with Gasteiger partial charge in [0.1, 0.15) is 0 Å². The lowest BCUT2D eigenvalue weighted by Crippen LogP contribution is -2.29. The van der Waals surface area contributed by atoms with Crippen LogP contribution in [-0.4, -0.2) is 29.3 Å². The highest BCUT2D eigenvalue weighted by molar-refractivity contribution is 8.00. The van der Waals surface area contributed by atoms with Crippen LogP contribution in [0.2, 0.25) is 0 Å². The van der Waals surface area contributed by atoms with Gasteiger partial charge in [0, 0.05) is 23.1 Å². The summed E-state index contributed by atoms with van der Waals surface area (Å²) < 4.78 is 5.58. The van der Waals surface area contributed by atoms with Gasteiger partial charge in [0.2, 0.25) is 0 Å². The minimum Gasteiger partial charge on any atom is -0.377 e. The molecule has 1 saturated heterocycles. The third-order valence-corrected chi connectivity index (χ3v) is 5.22. The zero-order valence-corrected chi connectivity index (χ0v) is 9.76. The number of thioether (sulfide) groups is 1. The lowest BCUT2D eigenvalue weighted by Gasteiger charge is -2.28. The molecule has 2 fully saturated rings. The van der Waals surface area contributed by atoms with E-state index in [0.717, 1.165) is 17.1 Å². The van der Waals surface area contributed by atoms with Crippen molar-refractivity contribution in [2.75, 3.05) is 6.61 Å². The SMILES string of the molecule is CC1OCCC1SC1CCC(N)CC1. The second kappa shape index (κ2) is 4.86. The second-order valence-electron chi connectivity index (χ2n) is 4.58. The second-order valence-corrected chi connectivity index (χ2v) is 6.12. The maximum Gasteiger partial charge on any atom is 0.0666 e. The van der Waals surface area contributed by atoms with E-state index >= 15 is 0 Å². The van der Waals surface area contributed by atoms with E-state index < -0.39 is 0 Å². The van der Waals surface area contributed by atoms with Crippen LogP contribution >= 0.6 is 11.8 Å².